The van der Waals surface area contributed by atoms with Gasteiger partial charge in [-0.3, -0.25) is 4.79 Å². The zero-order chi connectivity index (χ0) is 10.4. The van der Waals surface area contributed by atoms with Crippen LogP contribution >= 0.6 is 0 Å². The van der Waals surface area contributed by atoms with Crippen molar-refractivity contribution in [2.75, 3.05) is 14.2 Å². The number of hydrogen-bond acceptors (Lipinski definition) is 4. The highest BCUT2D eigenvalue weighted by Gasteiger charge is 2.26. The van der Waals surface area contributed by atoms with E-state index in [0.29, 0.717) is 0 Å². The fourth-order valence-electron chi connectivity index (χ4n) is 1.31. The summed E-state index contributed by atoms with van der Waals surface area (Å²) in [6.45, 7) is 3.84. The van der Waals surface area contributed by atoms with Crippen molar-refractivity contribution in [2.24, 2.45) is 5.92 Å². The zero-order valence-corrected chi connectivity index (χ0v) is 8.61. The Bertz CT molecular complexity index is 184. The molecule has 0 aromatic carbocycles. The third-order valence-corrected chi connectivity index (χ3v) is 1.91. The van der Waals surface area contributed by atoms with E-state index in [0.717, 1.165) is 6.19 Å². The molecule has 0 saturated carbocycles. The third kappa shape index (κ3) is 3.59. The van der Waals surface area contributed by atoms with E-state index in [2.05, 4.69) is 4.74 Å². The molecule has 0 bridgehead atoms. The first-order valence-corrected chi connectivity index (χ1v) is 4.26. The van der Waals surface area contributed by atoms with Gasteiger partial charge in [0.2, 0.25) is 0 Å². The average molecular weight is 185 g/mol. The highest BCUT2D eigenvalue weighted by molar-refractivity contribution is 6.64. The van der Waals surface area contributed by atoms with Crippen molar-refractivity contribution in [2.45, 2.75) is 19.9 Å². The molecule has 0 aliphatic rings. The quantitative estimate of drug-likeness (QED) is 0.334. The van der Waals surface area contributed by atoms with Gasteiger partial charge in [-0.1, -0.05) is 13.8 Å². The smallest absolute Gasteiger partial charge is 0.322 e. The minimum absolute atomic E-state index is 0.136. The van der Waals surface area contributed by atoms with Crippen LogP contribution < -0.4 is 0 Å². The molecule has 0 aromatic heterocycles. The second kappa shape index (κ2) is 5.75. The van der Waals surface area contributed by atoms with E-state index in [1.54, 1.807) is 11.9 Å². The number of esters is 1. The van der Waals surface area contributed by atoms with E-state index in [1.807, 2.05) is 13.8 Å². The minimum atomic E-state index is -0.338. The first-order valence-electron chi connectivity index (χ1n) is 4.26. The first-order chi connectivity index (χ1) is 6.04. The monoisotopic (exact) mass is 185 g/mol. The SMILES string of the molecule is COC(=O)[C@H](C(C)C)N(C)BC=O. The van der Waals surface area contributed by atoms with Crippen molar-refractivity contribution in [1.82, 2.24) is 4.81 Å². The number of methoxy groups -OCH3 is 1. The Labute approximate surface area is 79.5 Å². The molecule has 0 unspecified atom stereocenters. The van der Waals surface area contributed by atoms with Crippen molar-refractivity contribution >= 4 is 19.6 Å². The molecule has 74 valence electrons. The van der Waals surface area contributed by atoms with E-state index in [1.165, 1.54) is 7.11 Å². The molecule has 0 radical (unpaired) electrons. The van der Waals surface area contributed by atoms with Crippen molar-refractivity contribution in [3.05, 3.63) is 0 Å². The summed E-state index contributed by atoms with van der Waals surface area (Å²) in [5, 5.41) is 0. The van der Waals surface area contributed by atoms with E-state index in [9.17, 15) is 9.59 Å². The van der Waals surface area contributed by atoms with Crippen molar-refractivity contribution in [3.63, 3.8) is 0 Å². The molecule has 0 rings (SSSR count). The molecule has 0 amide bonds. The summed E-state index contributed by atoms with van der Waals surface area (Å²) in [6.07, 6.45) is 0.776. The number of likely N-dealkylation sites (N-methyl/N-ethyl adjacent to an activating group) is 1. The van der Waals surface area contributed by atoms with Gasteiger partial charge >= 0.3 is 5.97 Å². The summed E-state index contributed by atoms with van der Waals surface area (Å²) in [4.78, 5) is 23.2. The summed E-state index contributed by atoms with van der Waals surface area (Å²) in [5.41, 5.74) is 0. The predicted molar refractivity (Wildman–Crippen MR) is 52.3 cm³/mol. The third-order valence-electron chi connectivity index (χ3n) is 1.91. The van der Waals surface area contributed by atoms with Crippen LogP contribution in [0.4, 0.5) is 0 Å². The summed E-state index contributed by atoms with van der Waals surface area (Å²) < 4.78 is 4.64. The maximum absolute atomic E-state index is 11.3. The molecular formula is C8H16BNO3. The minimum Gasteiger partial charge on any atom is -0.468 e. The average Bonchev–Trinajstić information content (AvgIpc) is 2.04. The van der Waals surface area contributed by atoms with Crippen LogP contribution in [0, 0.1) is 5.92 Å². The summed E-state index contributed by atoms with van der Waals surface area (Å²) in [7, 11) is 3.33. The summed E-state index contributed by atoms with van der Waals surface area (Å²) in [5.74, 6) is -0.156. The number of carbonyl (C=O) groups is 2. The van der Waals surface area contributed by atoms with E-state index in [4.69, 9.17) is 0 Å². The lowest BCUT2D eigenvalue weighted by molar-refractivity contribution is -0.146. The molecule has 0 spiro atoms. The Hall–Kier alpha value is -0.835. The van der Waals surface area contributed by atoms with Gasteiger partial charge in [0.15, 0.2) is 0 Å². The molecule has 0 saturated heterocycles. The number of ether oxygens (including phenoxy) is 1. The number of carbonyl (C=O) groups excluding carboxylic acids is 2. The Morgan fingerprint density at radius 3 is 2.38 bits per heavy atom. The molecule has 0 aliphatic carbocycles. The maximum Gasteiger partial charge on any atom is 0.322 e. The van der Waals surface area contributed by atoms with Crippen LogP contribution in [0.25, 0.3) is 0 Å². The lowest BCUT2D eigenvalue weighted by Crippen LogP contribution is -2.45. The van der Waals surface area contributed by atoms with Gasteiger partial charge in [0.1, 0.15) is 6.04 Å². The zero-order valence-electron chi connectivity index (χ0n) is 8.61. The van der Waals surface area contributed by atoms with Crippen LogP contribution in [0.3, 0.4) is 0 Å². The van der Waals surface area contributed by atoms with Crippen LogP contribution in [0.5, 0.6) is 0 Å². The first kappa shape index (κ1) is 12.2. The number of rotatable bonds is 5. The van der Waals surface area contributed by atoms with Gasteiger partial charge in [-0.15, -0.1) is 0 Å². The highest BCUT2D eigenvalue weighted by Crippen LogP contribution is 2.09. The van der Waals surface area contributed by atoms with Crippen LogP contribution in [-0.4, -0.2) is 44.6 Å². The molecular weight excluding hydrogens is 169 g/mol. The number of nitrogens with zero attached hydrogens (tertiary/aromatic N) is 1. The molecule has 0 N–H and O–H groups in total. The van der Waals surface area contributed by atoms with Crippen LogP contribution in [0.15, 0.2) is 0 Å². The predicted octanol–water partition coefficient (Wildman–Crippen LogP) is -0.343. The topological polar surface area (TPSA) is 46.6 Å². The molecule has 0 heterocycles. The van der Waals surface area contributed by atoms with Gasteiger partial charge in [-0.2, -0.15) is 0 Å². The van der Waals surface area contributed by atoms with Gasteiger partial charge < -0.3 is 14.3 Å². The van der Waals surface area contributed by atoms with Gasteiger partial charge in [0, 0.05) is 0 Å². The highest BCUT2D eigenvalue weighted by atomic mass is 16.5. The Morgan fingerprint density at radius 1 is 1.54 bits per heavy atom. The second-order valence-corrected chi connectivity index (χ2v) is 3.32. The molecule has 1 atom stereocenters. The molecule has 5 heteroatoms. The van der Waals surface area contributed by atoms with Crippen LogP contribution in [-0.2, 0) is 14.3 Å². The van der Waals surface area contributed by atoms with Gasteiger partial charge in [0.25, 0.3) is 7.41 Å². The second-order valence-electron chi connectivity index (χ2n) is 3.32. The molecule has 13 heavy (non-hydrogen) atoms. The van der Waals surface area contributed by atoms with Crippen molar-refractivity contribution in [1.29, 1.82) is 0 Å². The van der Waals surface area contributed by atoms with Crippen molar-refractivity contribution < 1.29 is 14.3 Å². The normalized spacial score (nSPS) is 12.8. The fraction of sp³-hybridized carbons (Fsp3) is 0.750. The van der Waals surface area contributed by atoms with E-state index in [-0.39, 0.29) is 25.3 Å². The molecule has 4 nitrogen and oxygen atoms in total. The lowest BCUT2D eigenvalue weighted by Gasteiger charge is -2.26. The van der Waals surface area contributed by atoms with Crippen molar-refractivity contribution in [3.8, 4) is 0 Å². The fourth-order valence-corrected chi connectivity index (χ4v) is 1.31. The van der Waals surface area contributed by atoms with Crippen LogP contribution in [0.2, 0.25) is 0 Å². The lowest BCUT2D eigenvalue weighted by atomic mass is 9.89. The Kier molecular flexibility index (Phi) is 5.38. The van der Waals surface area contributed by atoms with E-state index < -0.39 is 0 Å². The molecule has 0 fully saturated rings. The van der Waals surface area contributed by atoms with Crippen LogP contribution in [0.1, 0.15) is 13.8 Å². The Balaban J connectivity index is 4.40. The van der Waals surface area contributed by atoms with Gasteiger partial charge in [-0.05, 0) is 13.0 Å². The van der Waals surface area contributed by atoms with Gasteiger partial charge in [-0.25, -0.2) is 0 Å². The Morgan fingerprint density at radius 2 is 2.08 bits per heavy atom. The van der Waals surface area contributed by atoms with Gasteiger partial charge in [0.05, 0.1) is 13.3 Å². The molecule has 0 aliphatic heterocycles. The molecule has 0 aromatic rings. The standard InChI is InChI=1S/C8H16BNO3/c1-6(2)7(8(12)13-4)10(3)9-5-11/h5-7,9H,1-4H3/t7-/m0/s1. The number of hydrogen-bond donors (Lipinski definition) is 0. The largest absolute Gasteiger partial charge is 0.468 e. The van der Waals surface area contributed by atoms with E-state index >= 15 is 0 Å². The summed E-state index contributed by atoms with van der Waals surface area (Å²) in [6, 6.07) is -0.338. The maximum atomic E-state index is 11.3. The summed E-state index contributed by atoms with van der Waals surface area (Å²) >= 11 is 0.